The van der Waals surface area contributed by atoms with Gasteiger partial charge in [-0.2, -0.15) is 0 Å². The number of rotatable bonds is 6. The van der Waals surface area contributed by atoms with E-state index >= 15 is 0 Å². The van der Waals surface area contributed by atoms with E-state index in [1.165, 1.54) is 6.26 Å². The summed E-state index contributed by atoms with van der Waals surface area (Å²) < 4.78 is 10.5. The van der Waals surface area contributed by atoms with Crippen LogP contribution in [0.5, 0.6) is 0 Å². The highest BCUT2D eigenvalue weighted by molar-refractivity contribution is 5.66. The Morgan fingerprint density at radius 3 is 3.00 bits per heavy atom. The van der Waals surface area contributed by atoms with E-state index in [1.54, 1.807) is 24.1 Å². The molecule has 0 atom stereocenters. The third-order valence-corrected chi connectivity index (χ3v) is 2.31. The van der Waals surface area contributed by atoms with Crippen LogP contribution in [0.4, 0.5) is 0 Å². The zero-order valence-electron chi connectivity index (χ0n) is 9.87. The standard InChI is InChI=1S/C11H13N3O4/c1-14(5-4-10(15)16)7-9-12-13-11(18-9)8-3-2-6-17-8/h2-3,6H,4-5,7H2,1H3,(H,15,16). The lowest BCUT2D eigenvalue weighted by Crippen LogP contribution is -2.21. The molecule has 0 aliphatic heterocycles. The number of carboxylic acids is 1. The molecule has 2 rings (SSSR count). The maximum atomic E-state index is 10.4. The molecule has 0 saturated carbocycles. The average molecular weight is 251 g/mol. The van der Waals surface area contributed by atoms with Gasteiger partial charge in [0.2, 0.25) is 5.89 Å². The number of carboxylic acid groups (broad SMARTS) is 1. The first-order valence-corrected chi connectivity index (χ1v) is 5.42. The first kappa shape index (κ1) is 12.3. The highest BCUT2D eigenvalue weighted by Crippen LogP contribution is 2.18. The molecule has 7 nitrogen and oxygen atoms in total. The fraction of sp³-hybridized carbons (Fsp3) is 0.364. The highest BCUT2D eigenvalue weighted by Gasteiger charge is 2.12. The number of aliphatic carboxylic acids is 1. The summed E-state index contributed by atoms with van der Waals surface area (Å²) in [5.41, 5.74) is 0. The van der Waals surface area contributed by atoms with E-state index in [2.05, 4.69) is 10.2 Å². The normalized spacial score (nSPS) is 11.0. The second-order valence-electron chi connectivity index (χ2n) is 3.86. The van der Waals surface area contributed by atoms with Crippen LogP contribution in [0.3, 0.4) is 0 Å². The van der Waals surface area contributed by atoms with Crippen LogP contribution < -0.4 is 0 Å². The summed E-state index contributed by atoms with van der Waals surface area (Å²) >= 11 is 0. The quantitative estimate of drug-likeness (QED) is 0.825. The van der Waals surface area contributed by atoms with Crippen molar-refractivity contribution < 1.29 is 18.7 Å². The molecule has 0 bridgehead atoms. The molecule has 0 amide bonds. The fourth-order valence-corrected chi connectivity index (χ4v) is 1.41. The van der Waals surface area contributed by atoms with Crippen molar-refractivity contribution in [2.45, 2.75) is 13.0 Å². The molecule has 7 heteroatoms. The molecule has 2 aromatic rings. The van der Waals surface area contributed by atoms with Crippen molar-refractivity contribution >= 4 is 5.97 Å². The van der Waals surface area contributed by atoms with Crippen molar-refractivity contribution in [2.75, 3.05) is 13.6 Å². The summed E-state index contributed by atoms with van der Waals surface area (Å²) in [6.45, 7) is 0.828. The smallest absolute Gasteiger partial charge is 0.304 e. The highest BCUT2D eigenvalue weighted by atomic mass is 16.4. The van der Waals surface area contributed by atoms with Crippen molar-refractivity contribution in [2.24, 2.45) is 0 Å². The first-order valence-electron chi connectivity index (χ1n) is 5.42. The van der Waals surface area contributed by atoms with Crippen LogP contribution in [-0.4, -0.2) is 39.8 Å². The van der Waals surface area contributed by atoms with Gasteiger partial charge in [-0.3, -0.25) is 9.69 Å². The lowest BCUT2D eigenvalue weighted by atomic mass is 10.4. The van der Waals surface area contributed by atoms with Crippen LogP contribution in [0.25, 0.3) is 11.7 Å². The van der Waals surface area contributed by atoms with E-state index in [0.29, 0.717) is 30.6 Å². The predicted octanol–water partition coefficient (Wildman–Crippen LogP) is 1.24. The molecule has 0 aromatic carbocycles. The van der Waals surface area contributed by atoms with Crippen molar-refractivity contribution in [3.63, 3.8) is 0 Å². The molecule has 1 N–H and O–H groups in total. The molecule has 0 aliphatic carbocycles. The topological polar surface area (TPSA) is 92.6 Å². The van der Waals surface area contributed by atoms with Gasteiger partial charge < -0.3 is 13.9 Å². The van der Waals surface area contributed by atoms with Crippen molar-refractivity contribution in [1.29, 1.82) is 0 Å². The lowest BCUT2D eigenvalue weighted by Gasteiger charge is -2.11. The predicted molar refractivity (Wildman–Crippen MR) is 60.6 cm³/mol. The van der Waals surface area contributed by atoms with Gasteiger partial charge in [-0.15, -0.1) is 10.2 Å². The Bertz CT molecular complexity index is 506. The molecule has 0 saturated heterocycles. The van der Waals surface area contributed by atoms with Crippen molar-refractivity contribution in [1.82, 2.24) is 15.1 Å². The molecule has 0 spiro atoms. The zero-order chi connectivity index (χ0) is 13.0. The van der Waals surface area contributed by atoms with Crippen molar-refractivity contribution in [3.8, 4) is 11.7 Å². The molecule has 0 radical (unpaired) electrons. The number of aromatic nitrogens is 2. The second-order valence-corrected chi connectivity index (χ2v) is 3.86. The van der Waals surface area contributed by atoms with E-state index in [1.807, 2.05) is 0 Å². The Morgan fingerprint density at radius 2 is 2.33 bits per heavy atom. The van der Waals surface area contributed by atoms with Gasteiger partial charge in [0, 0.05) is 6.54 Å². The van der Waals surface area contributed by atoms with E-state index in [4.69, 9.17) is 13.9 Å². The largest absolute Gasteiger partial charge is 0.481 e. The number of carbonyl (C=O) groups is 1. The minimum Gasteiger partial charge on any atom is -0.481 e. The summed E-state index contributed by atoms with van der Waals surface area (Å²) in [5.74, 6) is 0.432. The SMILES string of the molecule is CN(CCC(=O)O)Cc1nnc(-c2ccco2)o1. The Balaban J connectivity index is 1.92. The van der Waals surface area contributed by atoms with Crippen LogP contribution in [-0.2, 0) is 11.3 Å². The summed E-state index contributed by atoms with van der Waals surface area (Å²) in [4.78, 5) is 12.2. The molecular formula is C11H13N3O4. The molecule has 18 heavy (non-hydrogen) atoms. The molecule has 0 unspecified atom stereocenters. The Kier molecular flexibility index (Phi) is 3.73. The zero-order valence-corrected chi connectivity index (χ0v) is 9.87. The van der Waals surface area contributed by atoms with E-state index in [-0.39, 0.29) is 6.42 Å². The maximum absolute atomic E-state index is 10.4. The molecule has 2 heterocycles. The van der Waals surface area contributed by atoms with E-state index in [0.717, 1.165) is 0 Å². The molecule has 0 aliphatic rings. The van der Waals surface area contributed by atoms with Gasteiger partial charge in [-0.05, 0) is 19.2 Å². The van der Waals surface area contributed by atoms with Crippen LogP contribution in [0, 0.1) is 0 Å². The van der Waals surface area contributed by atoms with Crippen molar-refractivity contribution in [3.05, 3.63) is 24.3 Å². The van der Waals surface area contributed by atoms with Crippen LogP contribution in [0.1, 0.15) is 12.3 Å². The van der Waals surface area contributed by atoms with Gasteiger partial charge >= 0.3 is 5.97 Å². The van der Waals surface area contributed by atoms with Crippen LogP contribution in [0.15, 0.2) is 27.2 Å². The van der Waals surface area contributed by atoms with Gasteiger partial charge in [-0.25, -0.2) is 0 Å². The summed E-state index contributed by atoms with van der Waals surface area (Å²) in [6, 6.07) is 3.46. The van der Waals surface area contributed by atoms with E-state index in [9.17, 15) is 4.79 Å². The third-order valence-electron chi connectivity index (χ3n) is 2.31. The Hall–Kier alpha value is -2.15. The van der Waals surface area contributed by atoms with Gasteiger partial charge in [0.1, 0.15) is 0 Å². The van der Waals surface area contributed by atoms with Crippen LogP contribution >= 0.6 is 0 Å². The minimum atomic E-state index is -0.830. The van der Waals surface area contributed by atoms with Gasteiger partial charge in [-0.1, -0.05) is 0 Å². The first-order chi connectivity index (χ1) is 8.65. The molecule has 2 aromatic heterocycles. The average Bonchev–Trinajstić information content (AvgIpc) is 2.95. The lowest BCUT2D eigenvalue weighted by molar-refractivity contribution is -0.137. The van der Waals surface area contributed by atoms with Crippen LogP contribution in [0.2, 0.25) is 0 Å². The summed E-state index contributed by atoms with van der Waals surface area (Å²) in [7, 11) is 1.79. The Morgan fingerprint density at radius 1 is 1.50 bits per heavy atom. The fourth-order valence-electron chi connectivity index (χ4n) is 1.41. The number of furan rings is 1. The van der Waals surface area contributed by atoms with E-state index < -0.39 is 5.97 Å². The maximum Gasteiger partial charge on any atom is 0.304 e. The Labute approximate surface area is 103 Å². The number of nitrogens with zero attached hydrogens (tertiary/aromatic N) is 3. The molecule has 0 fully saturated rings. The number of hydrogen-bond acceptors (Lipinski definition) is 6. The summed E-state index contributed by atoms with van der Waals surface area (Å²) in [6.07, 6.45) is 1.61. The van der Waals surface area contributed by atoms with Gasteiger partial charge in [0.05, 0.1) is 19.2 Å². The third kappa shape index (κ3) is 3.17. The minimum absolute atomic E-state index is 0.0790. The van der Waals surface area contributed by atoms with Gasteiger partial charge in [0.15, 0.2) is 5.76 Å². The number of hydrogen-bond donors (Lipinski definition) is 1. The molecular weight excluding hydrogens is 238 g/mol. The monoisotopic (exact) mass is 251 g/mol. The second kappa shape index (κ2) is 5.46. The van der Waals surface area contributed by atoms with Gasteiger partial charge in [0.25, 0.3) is 5.89 Å². The summed E-state index contributed by atoms with van der Waals surface area (Å²) in [5, 5.41) is 16.3. The molecule has 96 valence electrons.